The van der Waals surface area contributed by atoms with E-state index in [1.165, 1.54) is 6.07 Å². The van der Waals surface area contributed by atoms with Gasteiger partial charge in [0.2, 0.25) is 0 Å². The lowest BCUT2D eigenvalue weighted by Crippen LogP contribution is -2.49. The van der Waals surface area contributed by atoms with Gasteiger partial charge in [0.1, 0.15) is 17.4 Å². The molecule has 2 aliphatic heterocycles. The van der Waals surface area contributed by atoms with Crippen LogP contribution in [0.5, 0.6) is 5.75 Å². The van der Waals surface area contributed by atoms with E-state index >= 15 is 4.39 Å². The first kappa shape index (κ1) is 26.1. The van der Waals surface area contributed by atoms with E-state index in [2.05, 4.69) is 9.80 Å². The number of carbonyl (C=O) groups is 1. The largest absolute Gasteiger partial charge is 0.497 e. The van der Waals surface area contributed by atoms with Crippen LogP contribution >= 0.6 is 0 Å². The Balaban J connectivity index is 1.58. The van der Waals surface area contributed by atoms with Crippen molar-refractivity contribution in [3.05, 3.63) is 94.9 Å². The Kier molecular flexibility index (Phi) is 7.58. The van der Waals surface area contributed by atoms with E-state index in [-0.39, 0.29) is 11.6 Å². The Hall–Kier alpha value is -3.55. The Bertz CT molecular complexity index is 1320. The Morgan fingerprint density at radius 1 is 1.05 bits per heavy atom. The molecule has 0 amide bonds. The van der Waals surface area contributed by atoms with Crippen molar-refractivity contribution in [3.63, 3.8) is 0 Å². The van der Waals surface area contributed by atoms with Gasteiger partial charge < -0.3 is 14.4 Å². The van der Waals surface area contributed by atoms with E-state index in [9.17, 15) is 4.79 Å². The topological polar surface area (TPSA) is 54.9 Å². The van der Waals surface area contributed by atoms with Gasteiger partial charge in [0, 0.05) is 42.7 Å². The van der Waals surface area contributed by atoms with Crippen molar-refractivity contribution in [1.82, 2.24) is 9.88 Å². The first-order chi connectivity index (χ1) is 18.4. The number of anilines is 1. The van der Waals surface area contributed by atoms with Crippen LogP contribution in [-0.2, 0) is 16.1 Å². The van der Waals surface area contributed by atoms with Crippen LogP contribution < -0.4 is 9.64 Å². The summed E-state index contributed by atoms with van der Waals surface area (Å²) in [4.78, 5) is 23.2. The summed E-state index contributed by atoms with van der Waals surface area (Å²) < 4.78 is 26.1. The molecule has 0 aliphatic carbocycles. The van der Waals surface area contributed by atoms with E-state index in [1.807, 2.05) is 68.5 Å². The van der Waals surface area contributed by atoms with Crippen LogP contribution in [0.25, 0.3) is 6.08 Å². The second kappa shape index (κ2) is 11.1. The molecule has 0 bridgehead atoms. The van der Waals surface area contributed by atoms with Gasteiger partial charge in [-0.2, -0.15) is 0 Å². The fraction of sp³-hybridized carbons (Fsp3) is 0.355. The number of benzene rings is 2. The second-order valence-electron chi connectivity index (χ2n) is 10.5. The quantitative estimate of drug-likeness (QED) is 0.415. The third kappa shape index (κ3) is 5.49. The maximum Gasteiger partial charge on any atom is 0.167 e. The summed E-state index contributed by atoms with van der Waals surface area (Å²) in [6, 6.07) is 19.9. The highest BCUT2D eigenvalue weighted by atomic mass is 19.1. The molecule has 0 N–H and O–H groups in total. The predicted octanol–water partition coefficient (Wildman–Crippen LogP) is 5.30. The molecule has 2 saturated heterocycles. The van der Waals surface area contributed by atoms with Crippen molar-refractivity contribution in [2.24, 2.45) is 5.41 Å². The minimum Gasteiger partial charge on any atom is -0.497 e. The number of likely N-dealkylation sites (tertiary alicyclic amines) is 1. The van der Waals surface area contributed by atoms with Gasteiger partial charge in [-0.15, -0.1) is 0 Å². The molecule has 0 radical (unpaired) electrons. The molecule has 2 aromatic carbocycles. The summed E-state index contributed by atoms with van der Waals surface area (Å²) in [5.41, 5.74) is 2.12. The van der Waals surface area contributed by atoms with E-state index in [4.69, 9.17) is 14.5 Å². The molecule has 1 aromatic heterocycles. The number of halogens is 1. The van der Waals surface area contributed by atoms with Crippen LogP contribution in [0.2, 0.25) is 0 Å². The maximum atomic E-state index is 15.3. The van der Waals surface area contributed by atoms with Gasteiger partial charge in [0.15, 0.2) is 5.78 Å². The fourth-order valence-electron chi connectivity index (χ4n) is 5.35. The first-order valence-corrected chi connectivity index (χ1v) is 13.0. The molecule has 38 heavy (non-hydrogen) atoms. The summed E-state index contributed by atoms with van der Waals surface area (Å²) in [5, 5.41) is 0. The number of hydrogen-bond acceptors (Lipinski definition) is 6. The Morgan fingerprint density at radius 2 is 1.79 bits per heavy atom. The van der Waals surface area contributed by atoms with Crippen LogP contribution in [0.1, 0.15) is 36.7 Å². The van der Waals surface area contributed by atoms with Crippen molar-refractivity contribution >= 4 is 17.7 Å². The molecule has 2 fully saturated rings. The highest BCUT2D eigenvalue weighted by molar-refractivity contribution is 6.05. The average Bonchev–Trinajstić information content (AvgIpc) is 2.93. The van der Waals surface area contributed by atoms with Crippen molar-refractivity contribution in [2.75, 3.05) is 44.9 Å². The molecule has 6 nitrogen and oxygen atoms in total. The summed E-state index contributed by atoms with van der Waals surface area (Å²) in [7, 11) is 1.64. The summed E-state index contributed by atoms with van der Waals surface area (Å²) in [5.74, 6) is 1.31. The molecule has 0 spiro atoms. The third-order valence-corrected chi connectivity index (χ3v) is 7.27. The molecule has 1 unspecified atom stereocenters. The Labute approximate surface area is 223 Å². The lowest BCUT2D eigenvalue weighted by atomic mass is 9.74. The molecule has 7 heteroatoms. The standard InChI is InChI=1S/C31H34FN3O3/c1-31(2)21-35(20-22-11-13-24(37-3)14-12-22)29(25-8-4-5-9-27(25)32)26(30(31)36)19-23-7-6-10-28(33-23)34-15-17-38-18-16-34/h4-14,19,29H,15-18,20-21H2,1-3H3/b26-19-. The number of methoxy groups -OCH3 is 1. The molecule has 5 rings (SSSR count). The molecule has 3 aromatic rings. The van der Waals surface area contributed by atoms with Gasteiger partial charge >= 0.3 is 0 Å². The van der Waals surface area contributed by atoms with Crippen LogP contribution in [0, 0.1) is 11.2 Å². The number of Topliss-reactive ketones (excluding diaryl/α,β-unsaturated/α-hetero) is 1. The number of morpholine rings is 1. The minimum atomic E-state index is -0.651. The number of pyridine rings is 1. The third-order valence-electron chi connectivity index (χ3n) is 7.27. The number of rotatable bonds is 6. The average molecular weight is 516 g/mol. The predicted molar refractivity (Wildman–Crippen MR) is 147 cm³/mol. The number of ketones is 1. The zero-order valence-electron chi connectivity index (χ0n) is 22.2. The van der Waals surface area contributed by atoms with Crippen LogP contribution in [0.3, 0.4) is 0 Å². The van der Waals surface area contributed by atoms with Crippen molar-refractivity contribution < 1.29 is 18.7 Å². The molecule has 1 atom stereocenters. The van der Waals surface area contributed by atoms with Crippen LogP contribution in [0.4, 0.5) is 10.2 Å². The number of carbonyl (C=O) groups excluding carboxylic acids is 1. The molecule has 198 valence electrons. The minimum absolute atomic E-state index is 0.00955. The number of ether oxygens (including phenoxy) is 2. The van der Waals surface area contributed by atoms with Crippen LogP contribution in [-0.4, -0.2) is 55.6 Å². The van der Waals surface area contributed by atoms with Gasteiger partial charge in [-0.1, -0.05) is 50.2 Å². The normalized spacial score (nSPS) is 21.1. The highest BCUT2D eigenvalue weighted by Crippen LogP contribution is 2.43. The Morgan fingerprint density at radius 3 is 2.50 bits per heavy atom. The number of hydrogen-bond donors (Lipinski definition) is 0. The van der Waals surface area contributed by atoms with Crippen molar-refractivity contribution in [1.29, 1.82) is 0 Å². The maximum absolute atomic E-state index is 15.3. The molecular weight excluding hydrogens is 481 g/mol. The van der Waals surface area contributed by atoms with E-state index in [0.717, 1.165) is 30.2 Å². The lowest BCUT2D eigenvalue weighted by molar-refractivity contribution is -0.128. The van der Waals surface area contributed by atoms with Crippen molar-refractivity contribution in [3.8, 4) is 5.75 Å². The van der Waals surface area contributed by atoms with Gasteiger partial charge in [0.25, 0.3) is 0 Å². The SMILES string of the molecule is COc1ccc(CN2CC(C)(C)C(=O)/C(=C\c3cccc(N4CCOCC4)n3)C2c2ccccc2F)cc1. The smallest absolute Gasteiger partial charge is 0.167 e. The highest BCUT2D eigenvalue weighted by Gasteiger charge is 2.44. The van der Waals surface area contributed by atoms with Gasteiger partial charge in [-0.25, -0.2) is 9.37 Å². The summed E-state index contributed by atoms with van der Waals surface area (Å²) in [6.07, 6.45) is 1.85. The number of aromatic nitrogens is 1. The van der Waals surface area contributed by atoms with Crippen LogP contribution in [0.15, 0.2) is 72.3 Å². The summed E-state index contributed by atoms with van der Waals surface area (Å²) >= 11 is 0. The van der Waals surface area contributed by atoms with Crippen molar-refractivity contribution in [2.45, 2.75) is 26.4 Å². The monoisotopic (exact) mass is 515 g/mol. The van der Waals surface area contributed by atoms with Gasteiger partial charge in [-0.05, 0) is 42.0 Å². The first-order valence-electron chi connectivity index (χ1n) is 13.0. The molecular formula is C31H34FN3O3. The number of nitrogens with zero attached hydrogens (tertiary/aromatic N) is 3. The zero-order chi connectivity index (χ0) is 26.7. The van der Waals surface area contributed by atoms with E-state index in [0.29, 0.717) is 43.1 Å². The lowest BCUT2D eigenvalue weighted by Gasteiger charge is -2.44. The van der Waals surface area contributed by atoms with Gasteiger partial charge in [-0.3, -0.25) is 9.69 Å². The molecule has 0 saturated carbocycles. The summed E-state index contributed by atoms with van der Waals surface area (Å²) in [6.45, 7) is 7.83. The fourth-order valence-corrected chi connectivity index (χ4v) is 5.35. The number of piperidine rings is 1. The zero-order valence-corrected chi connectivity index (χ0v) is 22.2. The molecule has 2 aliphatic rings. The second-order valence-corrected chi connectivity index (χ2v) is 10.5. The van der Waals surface area contributed by atoms with E-state index in [1.54, 1.807) is 19.2 Å². The molecule has 3 heterocycles. The van der Waals surface area contributed by atoms with E-state index < -0.39 is 11.5 Å². The van der Waals surface area contributed by atoms with Gasteiger partial charge in [0.05, 0.1) is 32.1 Å².